The Bertz CT molecular complexity index is 572. The molecule has 3 rings (SSSR count). The zero-order valence-electron chi connectivity index (χ0n) is 11.3. The van der Waals surface area contributed by atoms with E-state index in [1.807, 2.05) is 24.3 Å². The molecule has 1 unspecified atom stereocenters. The van der Waals surface area contributed by atoms with Crippen molar-refractivity contribution in [2.24, 2.45) is 5.92 Å². The van der Waals surface area contributed by atoms with Crippen LogP contribution in [0.2, 0.25) is 0 Å². The average molecular weight is 256 g/mol. The summed E-state index contributed by atoms with van der Waals surface area (Å²) in [5.74, 6) is 1.59. The topological polar surface area (TPSA) is 29.5 Å². The van der Waals surface area contributed by atoms with Gasteiger partial charge in [0.2, 0.25) is 0 Å². The number of ether oxygens (including phenoxy) is 1. The molecule has 0 aromatic heterocycles. The van der Waals surface area contributed by atoms with Crippen LogP contribution >= 0.6 is 0 Å². The van der Waals surface area contributed by atoms with Gasteiger partial charge in [-0.15, -0.1) is 0 Å². The van der Waals surface area contributed by atoms with Gasteiger partial charge in [0.25, 0.3) is 0 Å². The first-order valence-corrected chi connectivity index (χ1v) is 7.02. The number of aliphatic hydroxyl groups excluding tert-OH is 1. The smallest absolute Gasteiger partial charge is 0.119 e. The van der Waals surface area contributed by atoms with Crippen LogP contribution in [0.4, 0.5) is 0 Å². The van der Waals surface area contributed by atoms with Crippen molar-refractivity contribution in [2.75, 3.05) is 7.11 Å². The van der Waals surface area contributed by atoms with Crippen molar-refractivity contribution in [1.29, 1.82) is 0 Å². The Hall–Kier alpha value is -1.54. The van der Waals surface area contributed by atoms with Crippen molar-refractivity contribution < 1.29 is 9.84 Å². The number of aliphatic hydroxyl groups is 1. The lowest BCUT2D eigenvalue weighted by Gasteiger charge is -2.27. The Balaban J connectivity index is 1.84. The van der Waals surface area contributed by atoms with Crippen molar-refractivity contribution >= 4 is 10.8 Å². The van der Waals surface area contributed by atoms with Crippen molar-refractivity contribution in [3.05, 3.63) is 42.0 Å². The first-order chi connectivity index (χ1) is 9.26. The monoisotopic (exact) mass is 256 g/mol. The number of methoxy groups -OCH3 is 1. The Morgan fingerprint density at radius 3 is 2.58 bits per heavy atom. The van der Waals surface area contributed by atoms with Crippen LogP contribution in [-0.2, 0) is 0 Å². The molecule has 1 N–H and O–H groups in total. The van der Waals surface area contributed by atoms with Gasteiger partial charge in [0.1, 0.15) is 5.75 Å². The van der Waals surface area contributed by atoms with Crippen LogP contribution < -0.4 is 4.74 Å². The molecule has 2 heteroatoms. The van der Waals surface area contributed by atoms with Crippen molar-refractivity contribution in [2.45, 2.75) is 31.8 Å². The maximum atomic E-state index is 10.3. The van der Waals surface area contributed by atoms with Gasteiger partial charge >= 0.3 is 0 Å². The van der Waals surface area contributed by atoms with Crippen LogP contribution in [0.1, 0.15) is 37.4 Å². The van der Waals surface area contributed by atoms with Gasteiger partial charge in [0.05, 0.1) is 13.2 Å². The van der Waals surface area contributed by atoms with E-state index in [1.165, 1.54) is 19.3 Å². The summed E-state index contributed by atoms with van der Waals surface area (Å²) in [5.41, 5.74) is 1.03. The molecule has 2 aromatic rings. The van der Waals surface area contributed by atoms with E-state index in [0.29, 0.717) is 0 Å². The van der Waals surface area contributed by atoms with Crippen molar-refractivity contribution in [3.63, 3.8) is 0 Å². The Kier molecular flexibility index (Phi) is 3.43. The van der Waals surface area contributed by atoms with Gasteiger partial charge < -0.3 is 9.84 Å². The summed E-state index contributed by atoms with van der Waals surface area (Å²) in [6.07, 6.45) is 4.47. The summed E-state index contributed by atoms with van der Waals surface area (Å²) in [5, 5.41) is 12.6. The first-order valence-electron chi connectivity index (χ1n) is 7.02. The predicted octanol–water partition coefficient (Wildman–Crippen LogP) is 4.07. The number of hydrogen-bond donors (Lipinski definition) is 1. The molecule has 2 aromatic carbocycles. The average Bonchev–Trinajstić information content (AvgIpc) is 2.41. The first kappa shape index (κ1) is 12.5. The third kappa shape index (κ3) is 2.59. The molecule has 0 saturated heterocycles. The summed E-state index contributed by atoms with van der Waals surface area (Å²) >= 11 is 0. The van der Waals surface area contributed by atoms with Gasteiger partial charge in [-0.1, -0.05) is 37.5 Å². The fourth-order valence-corrected chi connectivity index (χ4v) is 2.76. The molecule has 1 saturated carbocycles. The minimum absolute atomic E-state index is 0.322. The molecule has 0 radical (unpaired) electrons. The summed E-state index contributed by atoms with van der Waals surface area (Å²) in [7, 11) is 1.68. The van der Waals surface area contributed by atoms with Gasteiger partial charge in [0, 0.05) is 0 Å². The van der Waals surface area contributed by atoms with E-state index >= 15 is 0 Å². The highest BCUT2D eigenvalue weighted by atomic mass is 16.5. The normalized spacial score (nSPS) is 17.2. The van der Waals surface area contributed by atoms with E-state index in [2.05, 4.69) is 12.1 Å². The van der Waals surface area contributed by atoms with Gasteiger partial charge in [-0.25, -0.2) is 0 Å². The minimum Gasteiger partial charge on any atom is -0.497 e. The number of benzene rings is 2. The molecule has 1 aliphatic rings. The largest absolute Gasteiger partial charge is 0.497 e. The van der Waals surface area contributed by atoms with Crippen LogP contribution in [-0.4, -0.2) is 12.2 Å². The summed E-state index contributed by atoms with van der Waals surface area (Å²) in [6, 6.07) is 12.2. The highest BCUT2D eigenvalue weighted by Crippen LogP contribution is 2.35. The highest BCUT2D eigenvalue weighted by Gasteiger charge is 2.21. The molecular formula is C17H20O2. The summed E-state index contributed by atoms with van der Waals surface area (Å²) in [6.45, 7) is 0. The number of rotatable bonds is 4. The maximum Gasteiger partial charge on any atom is 0.119 e. The van der Waals surface area contributed by atoms with Crippen LogP contribution in [0.3, 0.4) is 0 Å². The zero-order chi connectivity index (χ0) is 13.2. The Morgan fingerprint density at radius 1 is 1.16 bits per heavy atom. The molecule has 0 bridgehead atoms. The quantitative estimate of drug-likeness (QED) is 0.893. The molecular weight excluding hydrogens is 236 g/mol. The zero-order valence-corrected chi connectivity index (χ0v) is 11.3. The highest BCUT2D eigenvalue weighted by molar-refractivity contribution is 5.84. The van der Waals surface area contributed by atoms with Gasteiger partial charge in [-0.05, 0) is 46.9 Å². The predicted molar refractivity (Wildman–Crippen MR) is 77.4 cm³/mol. The summed E-state index contributed by atoms with van der Waals surface area (Å²) in [4.78, 5) is 0. The molecule has 1 fully saturated rings. The van der Waals surface area contributed by atoms with Crippen LogP contribution in [0, 0.1) is 5.92 Å². The molecule has 0 aliphatic heterocycles. The summed E-state index contributed by atoms with van der Waals surface area (Å²) < 4.78 is 5.23. The third-order valence-corrected chi connectivity index (χ3v) is 4.24. The van der Waals surface area contributed by atoms with Crippen molar-refractivity contribution in [3.8, 4) is 5.75 Å². The lowest BCUT2D eigenvalue weighted by molar-refractivity contribution is 0.118. The molecule has 1 atom stereocenters. The molecule has 19 heavy (non-hydrogen) atoms. The molecule has 100 valence electrons. The fraction of sp³-hybridized carbons (Fsp3) is 0.412. The van der Waals surface area contributed by atoms with E-state index in [9.17, 15) is 5.11 Å². The van der Waals surface area contributed by atoms with Crippen molar-refractivity contribution in [1.82, 2.24) is 0 Å². The van der Waals surface area contributed by atoms with Crippen LogP contribution in [0.5, 0.6) is 5.75 Å². The fourth-order valence-electron chi connectivity index (χ4n) is 2.76. The molecule has 1 aliphatic carbocycles. The van der Waals surface area contributed by atoms with E-state index in [4.69, 9.17) is 4.74 Å². The van der Waals surface area contributed by atoms with Crippen LogP contribution in [0.25, 0.3) is 10.8 Å². The maximum absolute atomic E-state index is 10.3. The van der Waals surface area contributed by atoms with E-state index < -0.39 is 0 Å². The number of fused-ring (bicyclic) bond motifs is 1. The third-order valence-electron chi connectivity index (χ3n) is 4.24. The Morgan fingerprint density at radius 2 is 1.89 bits per heavy atom. The van der Waals surface area contributed by atoms with Crippen LogP contribution in [0.15, 0.2) is 36.4 Å². The second-order valence-electron chi connectivity index (χ2n) is 5.52. The minimum atomic E-state index is -0.322. The van der Waals surface area contributed by atoms with Gasteiger partial charge in [0.15, 0.2) is 0 Å². The Labute approximate surface area is 114 Å². The molecule has 0 heterocycles. The molecule has 2 nitrogen and oxygen atoms in total. The van der Waals surface area contributed by atoms with Gasteiger partial charge in [-0.2, -0.15) is 0 Å². The van der Waals surface area contributed by atoms with Gasteiger partial charge in [-0.3, -0.25) is 0 Å². The molecule has 0 amide bonds. The standard InChI is InChI=1S/C17H20O2/c1-19-16-8-7-13-10-15(6-5-14(13)11-16)17(18)9-12-3-2-4-12/h5-8,10-12,17-18H,2-4,9H2,1H3. The van der Waals surface area contributed by atoms with E-state index in [1.54, 1.807) is 7.11 Å². The lowest BCUT2D eigenvalue weighted by Crippen LogP contribution is -2.14. The second kappa shape index (κ2) is 5.22. The van der Waals surface area contributed by atoms with E-state index in [-0.39, 0.29) is 6.10 Å². The number of hydrogen-bond acceptors (Lipinski definition) is 2. The van der Waals surface area contributed by atoms with E-state index in [0.717, 1.165) is 34.4 Å². The molecule has 0 spiro atoms. The SMILES string of the molecule is COc1ccc2cc(C(O)CC3CCC3)ccc2c1. The second-order valence-corrected chi connectivity index (χ2v) is 5.52. The lowest BCUT2D eigenvalue weighted by atomic mass is 9.80.